The third kappa shape index (κ3) is 5.55. The first-order chi connectivity index (χ1) is 16.0. The van der Waals surface area contributed by atoms with Crippen molar-refractivity contribution in [1.29, 1.82) is 0 Å². The van der Waals surface area contributed by atoms with E-state index in [1.54, 1.807) is 0 Å². The number of hydrogen-bond donors (Lipinski definition) is 1. The molecule has 8 heteroatoms. The average molecular weight is 522 g/mol. The Balaban J connectivity index is 1.39. The van der Waals surface area contributed by atoms with E-state index in [1.807, 2.05) is 13.2 Å². The minimum atomic E-state index is 0.377. The highest BCUT2D eigenvalue weighted by Crippen LogP contribution is 2.33. The topological polar surface area (TPSA) is 57.4 Å². The van der Waals surface area contributed by atoms with Gasteiger partial charge in [0.2, 0.25) is 0 Å². The summed E-state index contributed by atoms with van der Waals surface area (Å²) in [7, 11) is 2.05. The molecule has 3 aliphatic rings. The summed E-state index contributed by atoms with van der Waals surface area (Å²) in [5.41, 5.74) is 1.86. The fourth-order valence-electron chi connectivity index (χ4n) is 6.06. The van der Waals surface area contributed by atoms with Gasteiger partial charge in [-0.2, -0.15) is 0 Å². The van der Waals surface area contributed by atoms with Gasteiger partial charge in [-0.15, -0.1) is 0 Å². The zero-order valence-electron chi connectivity index (χ0n) is 20.6. The summed E-state index contributed by atoms with van der Waals surface area (Å²) in [6, 6.07) is 2.58. The zero-order valence-corrected chi connectivity index (χ0v) is 22.2. The minimum Gasteiger partial charge on any atom is -0.359 e. The quantitative estimate of drug-likeness (QED) is 0.283. The second-order valence-electron chi connectivity index (χ2n) is 9.80. The monoisotopic (exact) mass is 520 g/mol. The van der Waals surface area contributed by atoms with Crippen LogP contribution in [0.25, 0.3) is 0 Å². The van der Waals surface area contributed by atoms with E-state index < -0.39 is 0 Å². The van der Waals surface area contributed by atoms with Crippen LogP contribution in [0, 0.1) is 0 Å². The van der Waals surface area contributed by atoms with Crippen LogP contribution in [0.15, 0.2) is 20.7 Å². The SMILES string of the molecule is C=Nc1c(Br)cn(C)c1/C(=N\COCCCN1C(CC)CCC1CC)N1CC2CCC(C1)N2. The van der Waals surface area contributed by atoms with Gasteiger partial charge in [0.25, 0.3) is 0 Å². The second-order valence-corrected chi connectivity index (χ2v) is 10.7. The van der Waals surface area contributed by atoms with E-state index in [0.29, 0.717) is 18.8 Å². The predicted octanol–water partition coefficient (Wildman–Crippen LogP) is 4.32. The first-order valence-corrected chi connectivity index (χ1v) is 13.6. The predicted molar refractivity (Wildman–Crippen MR) is 140 cm³/mol. The fourth-order valence-corrected chi connectivity index (χ4v) is 6.68. The van der Waals surface area contributed by atoms with Crippen LogP contribution >= 0.6 is 15.9 Å². The maximum atomic E-state index is 6.04. The number of piperazine rings is 1. The second kappa shape index (κ2) is 11.5. The molecule has 4 rings (SSSR count). The standard InChI is InChI=1S/C25H41BrN6O/c1-5-20-10-11-21(6-2)32(20)12-7-13-33-17-28-25(24-23(27-3)22(26)16-30(24)4)31-14-18-8-9-19(15-31)29-18/h16,18-21,29H,3,5-15,17H2,1-2,4H3/b28-25+. The summed E-state index contributed by atoms with van der Waals surface area (Å²) in [4.78, 5) is 14.4. The van der Waals surface area contributed by atoms with Crippen LogP contribution in [0.5, 0.6) is 0 Å². The molecule has 7 nitrogen and oxygen atoms in total. The maximum absolute atomic E-state index is 6.04. The minimum absolute atomic E-state index is 0.377. The molecular formula is C25H41BrN6O. The molecular weight excluding hydrogens is 480 g/mol. The van der Waals surface area contributed by atoms with Crippen LogP contribution in [-0.4, -0.2) is 84.1 Å². The van der Waals surface area contributed by atoms with Crippen LogP contribution in [0.1, 0.15) is 64.5 Å². The number of fused-ring (bicyclic) bond motifs is 2. The summed E-state index contributed by atoms with van der Waals surface area (Å²) in [6.45, 7) is 12.6. The molecule has 3 saturated heterocycles. The lowest BCUT2D eigenvalue weighted by molar-refractivity contribution is 0.112. The number of halogens is 1. The van der Waals surface area contributed by atoms with Gasteiger partial charge < -0.3 is 19.5 Å². The van der Waals surface area contributed by atoms with Crippen molar-refractivity contribution in [1.82, 2.24) is 19.7 Å². The summed E-state index contributed by atoms with van der Waals surface area (Å²) >= 11 is 3.64. The van der Waals surface area contributed by atoms with E-state index in [2.05, 4.69) is 61.2 Å². The zero-order chi connectivity index (χ0) is 23.4. The van der Waals surface area contributed by atoms with Crippen LogP contribution in [0.3, 0.4) is 0 Å². The van der Waals surface area contributed by atoms with Gasteiger partial charge in [0.1, 0.15) is 18.1 Å². The Hall–Kier alpha value is -1.22. The molecule has 33 heavy (non-hydrogen) atoms. The normalized spacial score (nSPS) is 28.1. The lowest BCUT2D eigenvalue weighted by atomic mass is 10.1. The van der Waals surface area contributed by atoms with Crippen LogP contribution in [-0.2, 0) is 11.8 Å². The van der Waals surface area contributed by atoms with Crippen LogP contribution in [0.4, 0.5) is 5.69 Å². The van der Waals surface area contributed by atoms with Crippen LogP contribution < -0.4 is 5.32 Å². The number of nitrogens with zero attached hydrogens (tertiary/aromatic N) is 5. The summed E-state index contributed by atoms with van der Waals surface area (Å²) in [5, 5.41) is 3.72. The molecule has 0 radical (unpaired) electrons. The number of hydrogen-bond acceptors (Lipinski definition) is 5. The molecule has 4 unspecified atom stereocenters. The number of ether oxygens (including phenoxy) is 1. The molecule has 4 atom stereocenters. The Morgan fingerprint density at radius 1 is 1.15 bits per heavy atom. The molecule has 1 aromatic heterocycles. The van der Waals surface area contributed by atoms with Crippen molar-refractivity contribution in [3.63, 3.8) is 0 Å². The van der Waals surface area contributed by atoms with Crippen molar-refractivity contribution in [2.24, 2.45) is 17.0 Å². The highest BCUT2D eigenvalue weighted by atomic mass is 79.9. The third-order valence-corrected chi connectivity index (χ3v) is 8.30. The largest absolute Gasteiger partial charge is 0.359 e. The molecule has 3 fully saturated rings. The van der Waals surface area contributed by atoms with Gasteiger partial charge in [0, 0.05) is 57.0 Å². The smallest absolute Gasteiger partial charge is 0.152 e. The fraction of sp³-hybridized carbons (Fsp3) is 0.760. The Bertz CT molecular complexity index is 815. The average Bonchev–Trinajstić information content (AvgIpc) is 3.46. The van der Waals surface area contributed by atoms with E-state index >= 15 is 0 Å². The number of amidine groups is 1. The van der Waals surface area contributed by atoms with E-state index in [-0.39, 0.29) is 0 Å². The molecule has 2 bridgehead atoms. The van der Waals surface area contributed by atoms with Crippen molar-refractivity contribution < 1.29 is 4.74 Å². The van der Waals surface area contributed by atoms with Gasteiger partial charge in [0.15, 0.2) is 5.84 Å². The molecule has 0 aromatic carbocycles. The number of aliphatic imine (C=N–C) groups is 2. The van der Waals surface area contributed by atoms with Crippen molar-refractivity contribution in [2.45, 2.75) is 83.0 Å². The van der Waals surface area contributed by atoms with Crippen molar-refractivity contribution in [3.8, 4) is 0 Å². The molecule has 1 aromatic rings. The summed E-state index contributed by atoms with van der Waals surface area (Å²) < 4.78 is 9.08. The Kier molecular flexibility index (Phi) is 8.65. The lowest BCUT2D eigenvalue weighted by Crippen LogP contribution is -2.53. The van der Waals surface area contributed by atoms with Crippen molar-refractivity contribution in [3.05, 3.63) is 16.4 Å². The Morgan fingerprint density at radius 2 is 1.82 bits per heavy atom. The van der Waals surface area contributed by atoms with Gasteiger partial charge in [-0.1, -0.05) is 13.8 Å². The number of rotatable bonds is 10. The van der Waals surface area contributed by atoms with Gasteiger partial charge in [0.05, 0.1) is 11.1 Å². The lowest BCUT2D eigenvalue weighted by Gasteiger charge is -2.35. The van der Waals surface area contributed by atoms with E-state index in [0.717, 1.165) is 66.4 Å². The number of aromatic nitrogens is 1. The Labute approximate surface area is 207 Å². The van der Waals surface area contributed by atoms with Gasteiger partial charge in [-0.3, -0.25) is 9.89 Å². The number of nitrogens with one attached hydrogen (secondary N) is 1. The molecule has 0 spiro atoms. The molecule has 1 N–H and O–H groups in total. The third-order valence-electron chi connectivity index (χ3n) is 7.72. The van der Waals surface area contributed by atoms with Gasteiger partial charge in [-0.25, -0.2) is 4.99 Å². The molecule has 0 saturated carbocycles. The highest BCUT2D eigenvalue weighted by molar-refractivity contribution is 9.10. The van der Waals surface area contributed by atoms with Crippen molar-refractivity contribution >= 4 is 34.2 Å². The molecule has 3 aliphatic heterocycles. The van der Waals surface area contributed by atoms with Crippen molar-refractivity contribution in [2.75, 3.05) is 33.0 Å². The summed E-state index contributed by atoms with van der Waals surface area (Å²) in [6.07, 6.45) is 10.8. The number of likely N-dealkylation sites (tertiary alicyclic amines) is 2. The van der Waals surface area contributed by atoms with E-state index in [9.17, 15) is 0 Å². The van der Waals surface area contributed by atoms with E-state index in [1.165, 1.54) is 38.5 Å². The molecule has 0 aliphatic carbocycles. The van der Waals surface area contributed by atoms with Gasteiger partial charge in [-0.05, 0) is 67.6 Å². The van der Waals surface area contributed by atoms with Gasteiger partial charge >= 0.3 is 0 Å². The summed E-state index contributed by atoms with van der Waals surface area (Å²) in [5.74, 6) is 0.973. The first-order valence-electron chi connectivity index (χ1n) is 12.8. The maximum Gasteiger partial charge on any atom is 0.152 e. The molecule has 184 valence electrons. The molecule has 0 amide bonds. The Morgan fingerprint density at radius 3 is 2.42 bits per heavy atom. The number of aryl methyl sites for hydroxylation is 1. The van der Waals surface area contributed by atoms with Crippen LogP contribution in [0.2, 0.25) is 0 Å². The first kappa shape index (κ1) is 24.9. The van der Waals surface area contributed by atoms with E-state index in [4.69, 9.17) is 9.73 Å². The molecule has 4 heterocycles. The highest BCUT2D eigenvalue weighted by Gasteiger charge is 2.35.